The minimum absolute atomic E-state index is 0.0868. The van der Waals surface area contributed by atoms with Crippen LogP contribution in [0.15, 0.2) is 12.1 Å². The quantitative estimate of drug-likeness (QED) is 0.448. The smallest absolute Gasteiger partial charge is 0.387 e. The Kier molecular flexibility index (Phi) is 3.81. The van der Waals surface area contributed by atoms with Gasteiger partial charge in [0.05, 0.1) is 10.5 Å². The molecule has 0 bridgehead atoms. The van der Waals surface area contributed by atoms with Gasteiger partial charge in [-0.25, -0.2) is 0 Å². The summed E-state index contributed by atoms with van der Waals surface area (Å²) in [5.74, 6) is -0.822. The highest BCUT2D eigenvalue weighted by atomic mass is 19.3. The monoisotopic (exact) mass is 245 g/mol. The highest BCUT2D eigenvalue weighted by Crippen LogP contribution is 2.32. The molecule has 0 radical (unpaired) electrons. The van der Waals surface area contributed by atoms with Gasteiger partial charge in [-0.05, 0) is 12.1 Å². The van der Waals surface area contributed by atoms with Crippen LogP contribution in [0.3, 0.4) is 0 Å². The normalized spacial score (nSPS) is 10.1. The molecular formula is C9H5F2NO5. The van der Waals surface area contributed by atoms with Crippen LogP contribution in [-0.2, 0) is 0 Å². The summed E-state index contributed by atoms with van der Waals surface area (Å²) >= 11 is 0. The lowest BCUT2D eigenvalue weighted by atomic mass is 10.1. The number of hydrogen-bond donors (Lipinski definition) is 0. The number of ether oxygens (including phenoxy) is 1. The van der Waals surface area contributed by atoms with Gasteiger partial charge in [0, 0.05) is 5.56 Å². The summed E-state index contributed by atoms with van der Waals surface area (Å²) in [6.07, 6.45) is 0.346. The number of carbonyl (C=O) groups excluding carboxylic acids is 2. The molecule has 0 heterocycles. The molecule has 1 aromatic rings. The summed E-state index contributed by atoms with van der Waals surface area (Å²) < 4.78 is 27.9. The third-order valence-electron chi connectivity index (χ3n) is 1.79. The van der Waals surface area contributed by atoms with Crippen molar-refractivity contribution in [3.8, 4) is 5.75 Å². The van der Waals surface area contributed by atoms with Gasteiger partial charge in [-0.15, -0.1) is 0 Å². The van der Waals surface area contributed by atoms with E-state index >= 15 is 0 Å². The van der Waals surface area contributed by atoms with Gasteiger partial charge in [-0.1, -0.05) is 0 Å². The van der Waals surface area contributed by atoms with E-state index in [0.29, 0.717) is 0 Å². The first-order valence-electron chi connectivity index (χ1n) is 4.17. The van der Waals surface area contributed by atoms with Crippen LogP contribution in [0, 0.1) is 10.1 Å². The first kappa shape index (κ1) is 12.7. The maximum Gasteiger partial charge on any atom is 0.387 e. The van der Waals surface area contributed by atoms with Crippen molar-refractivity contribution in [1.82, 2.24) is 0 Å². The Morgan fingerprint density at radius 1 is 1.29 bits per heavy atom. The van der Waals surface area contributed by atoms with E-state index in [1.165, 1.54) is 0 Å². The lowest BCUT2D eigenvalue weighted by Gasteiger charge is -2.07. The van der Waals surface area contributed by atoms with Crippen molar-refractivity contribution in [1.29, 1.82) is 0 Å². The molecule has 0 atom stereocenters. The standard InChI is InChI=1S/C9H5F2NO5/c10-9(11)17-7-2-5(3-13)1-6(4-14)8(7)12(15)16/h1-4,9H. The SMILES string of the molecule is O=Cc1cc(C=O)c([N+](=O)[O-])c(OC(F)F)c1. The maximum atomic E-state index is 12.0. The molecule has 0 N–H and O–H groups in total. The van der Waals surface area contributed by atoms with Gasteiger partial charge in [-0.2, -0.15) is 8.78 Å². The van der Waals surface area contributed by atoms with Crippen LogP contribution in [0.4, 0.5) is 14.5 Å². The van der Waals surface area contributed by atoms with Gasteiger partial charge in [0.1, 0.15) is 6.29 Å². The summed E-state index contributed by atoms with van der Waals surface area (Å²) in [7, 11) is 0. The van der Waals surface area contributed by atoms with Crippen molar-refractivity contribution in [2.45, 2.75) is 6.61 Å². The highest BCUT2D eigenvalue weighted by Gasteiger charge is 2.24. The van der Waals surface area contributed by atoms with Crippen molar-refractivity contribution in [3.05, 3.63) is 33.4 Å². The number of nitrogens with zero attached hydrogens (tertiary/aromatic N) is 1. The van der Waals surface area contributed by atoms with Gasteiger partial charge < -0.3 is 4.74 Å². The Balaban J connectivity index is 3.45. The summed E-state index contributed by atoms with van der Waals surface area (Å²) in [6.45, 7) is -3.30. The molecule has 90 valence electrons. The number of carbonyl (C=O) groups is 2. The predicted molar refractivity (Wildman–Crippen MR) is 50.5 cm³/mol. The van der Waals surface area contributed by atoms with Gasteiger partial charge in [-0.3, -0.25) is 19.7 Å². The Bertz CT molecular complexity index is 475. The van der Waals surface area contributed by atoms with Crippen molar-refractivity contribution >= 4 is 18.3 Å². The molecule has 17 heavy (non-hydrogen) atoms. The second-order valence-electron chi connectivity index (χ2n) is 2.83. The zero-order valence-electron chi connectivity index (χ0n) is 8.13. The molecule has 8 heteroatoms. The molecule has 0 aliphatic rings. The largest absolute Gasteiger partial charge is 0.427 e. The average Bonchev–Trinajstić information content (AvgIpc) is 2.26. The molecule has 0 spiro atoms. The first-order valence-corrected chi connectivity index (χ1v) is 4.17. The van der Waals surface area contributed by atoms with Crippen LogP contribution in [0.2, 0.25) is 0 Å². The molecule has 6 nitrogen and oxygen atoms in total. The van der Waals surface area contributed by atoms with Crippen molar-refractivity contribution in [3.63, 3.8) is 0 Å². The maximum absolute atomic E-state index is 12.0. The van der Waals surface area contributed by atoms with E-state index in [-0.39, 0.29) is 18.1 Å². The highest BCUT2D eigenvalue weighted by molar-refractivity contribution is 5.88. The lowest BCUT2D eigenvalue weighted by Crippen LogP contribution is -2.07. The molecule has 0 fully saturated rings. The zero-order valence-corrected chi connectivity index (χ0v) is 8.13. The molecule has 0 saturated heterocycles. The third-order valence-corrected chi connectivity index (χ3v) is 1.79. The number of aldehydes is 2. The molecular weight excluding hydrogens is 240 g/mol. The van der Waals surface area contributed by atoms with Crippen LogP contribution in [0.5, 0.6) is 5.75 Å². The minimum atomic E-state index is -3.30. The Morgan fingerprint density at radius 2 is 1.94 bits per heavy atom. The predicted octanol–water partition coefficient (Wildman–Crippen LogP) is 1.82. The molecule has 1 aromatic carbocycles. The van der Waals surface area contributed by atoms with Gasteiger partial charge in [0.15, 0.2) is 6.29 Å². The van der Waals surface area contributed by atoms with Gasteiger partial charge >= 0.3 is 12.3 Å². The third kappa shape index (κ3) is 2.80. The molecule has 1 rings (SSSR count). The second-order valence-corrected chi connectivity index (χ2v) is 2.83. The number of rotatable bonds is 5. The van der Waals surface area contributed by atoms with Crippen molar-refractivity contribution < 1.29 is 28.0 Å². The first-order chi connectivity index (χ1) is 7.99. The Morgan fingerprint density at radius 3 is 2.35 bits per heavy atom. The van der Waals surface area contributed by atoms with Crippen LogP contribution in [-0.4, -0.2) is 24.1 Å². The van der Waals surface area contributed by atoms with Gasteiger partial charge in [0.25, 0.3) is 0 Å². The minimum Gasteiger partial charge on any atom is -0.427 e. The molecule has 0 aromatic heterocycles. The van der Waals surface area contributed by atoms with E-state index in [2.05, 4.69) is 4.74 Å². The number of nitro groups is 1. The number of halogens is 2. The van der Waals surface area contributed by atoms with Crippen LogP contribution in [0.25, 0.3) is 0 Å². The number of hydrogen-bond acceptors (Lipinski definition) is 5. The van der Waals surface area contributed by atoms with Gasteiger partial charge in [0.2, 0.25) is 5.75 Å². The van der Waals surface area contributed by atoms with Crippen molar-refractivity contribution in [2.24, 2.45) is 0 Å². The Hall–Kier alpha value is -2.38. The van der Waals surface area contributed by atoms with E-state index in [4.69, 9.17) is 0 Å². The molecule has 0 amide bonds. The van der Waals surface area contributed by atoms with Crippen LogP contribution in [0.1, 0.15) is 20.7 Å². The molecule has 0 unspecified atom stereocenters. The van der Waals surface area contributed by atoms with Crippen LogP contribution >= 0.6 is 0 Å². The summed E-state index contributed by atoms with van der Waals surface area (Å²) in [4.78, 5) is 30.6. The molecule has 0 saturated carbocycles. The molecule has 0 aliphatic heterocycles. The van der Waals surface area contributed by atoms with E-state index < -0.39 is 28.5 Å². The average molecular weight is 245 g/mol. The fourth-order valence-electron chi connectivity index (χ4n) is 1.19. The Labute approximate surface area is 92.9 Å². The fourth-order valence-corrected chi connectivity index (χ4v) is 1.19. The topological polar surface area (TPSA) is 86.5 Å². The lowest BCUT2D eigenvalue weighted by molar-refractivity contribution is -0.386. The van der Waals surface area contributed by atoms with E-state index in [1.54, 1.807) is 0 Å². The summed E-state index contributed by atoms with van der Waals surface area (Å²) in [6, 6.07) is 1.68. The number of nitro benzene ring substituents is 1. The number of alkyl halides is 2. The second kappa shape index (κ2) is 5.10. The van der Waals surface area contributed by atoms with Crippen molar-refractivity contribution in [2.75, 3.05) is 0 Å². The summed E-state index contributed by atoms with van der Waals surface area (Å²) in [5.41, 5.74) is -1.57. The molecule has 0 aliphatic carbocycles. The van der Waals surface area contributed by atoms with E-state index in [9.17, 15) is 28.5 Å². The van der Waals surface area contributed by atoms with E-state index in [1.807, 2.05) is 0 Å². The zero-order chi connectivity index (χ0) is 13.0. The van der Waals surface area contributed by atoms with E-state index in [0.717, 1.165) is 12.1 Å². The fraction of sp³-hybridized carbons (Fsp3) is 0.111. The number of benzene rings is 1. The van der Waals surface area contributed by atoms with Crippen LogP contribution < -0.4 is 4.74 Å². The summed E-state index contributed by atoms with van der Waals surface area (Å²) in [5, 5.41) is 10.6.